The number of aliphatic hydroxyl groups is 1. The molecule has 4 heteroatoms. The molecule has 0 saturated heterocycles. The third-order valence-corrected chi connectivity index (χ3v) is 3.32. The fraction of sp³-hybridized carbons (Fsp3) is 0.909. The first-order chi connectivity index (χ1) is 7.15. The fourth-order valence-corrected chi connectivity index (χ4v) is 2.12. The van der Waals surface area contributed by atoms with E-state index in [1.165, 1.54) is 12.8 Å². The highest BCUT2D eigenvalue weighted by Crippen LogP contribution is 2.23. The quantitative estimate of drug-likeness (QED) is 0.614. The highest BCUT2D eigenvalue weighted by molar-refractivity contribution is 5.76. The van der Waals surface area contributed by atoms with Crippen LogP contribution in [-0.4, -0.2) is 30.2 Å². The minimum atomic E-state index is -0.265. The van der Waals surface area contributed by atoms with Gasteiger partial charge in [0.2, 0.25) is 5.91 Å². The predicted molar refractivity (Wildman–Crippen MR) is 59.2 cm³/mol. The lowest BCUT2D eigenvalue weighted by Gasteiger charge is -2.31. The van der Waals surface area contributed by atoms with Crippen LogP contribution in [0.1, 0.15) is 32.6 Å². The highest BCUT2D eigenvalue weighted by atomic mass is 16.3. The minimum absolute atomic E-state index is 0.133. The van der Waals surface area contributed by atoms with Crippen LogP contribution in [0.4, 0.5) is 0 Å². The van der Waals surface area contributed by atoms with Gasteiger partial charge in [0.25, 0.3) is 0 Å². The average molecular weight is 214 g/mol. The zero-order valence-electron chi connectivity index (χ0n) is 9.41. The van der Waals surface area contributed by atoms with Crippen molar-refractivity contribution in [2.24, 2.45) is 17.6 Å². The van der Waals surface area contributed by atoms with Crippen molar-refractivity contribution >= 4 is 5.91 Å². The van der Waals surface area contributed by atoms with Gasteiger partial charge in [-0.3, -0.25) is 4.79 Å². The molecule has 1 rings (SSSR count). The van der Waals surface area contributed by atoms with Crippen LogP contribution in [0.15, 0.2) is 0 Å². The third-order valence-electron chi connectivity index (χ3n) is 3.32. The predicted octanol–water partition coefficient (Wildman–Crippen LogP) is 0.248. The van der Waals surface area contributed by atoms with E-state index < -0.39 is 0 Å². The van der Waals surface area contributed by atoms with Crippen LogP contribution in [0.2, 0.25) is 0 Å². The Hall–Kier alpha value is -0.610. The van der Waals surface area contributed by atoms with Crippen molar-refractivity contribution < 1.29 is 9.90 Å². The number of nitrogens with two attached hydrogens (primary N) is 1. The lowest BCUT2D eigenvalue weighted by molar-refractivity contribution is -0.121. The molecule has 0 radical (unpaired) electrons. The van der Waals surface area contributed by atoms with Crippen LogP contribution < -0.4 is 11.1 Å². The summed E-state index contributed by atoms with van der Waals surface area (Å²) in [7, 11) is 0. The lowest BCUT2D eigenvalue weighted by Crippen LogP contribution is -2.43. The van der Waals surface area contributed by atoms with Gasteiger partial charge in [-0.05, 0) is 18.8 Å². The standard InChI is InChI=1S/C11H22N2O2/c1-8(11(12)15)6-13-10-5-3-2-4-9(10)7-14/h8-10,13-14H,2-7H2,1H3,(H2,12,15). The first kappa shape index (κ1) is 12.5. The number of aliphatic hydroxyl groups excluding tert-OH is 1. The van der Waals surface area contributed by atoms with E-state index in [2.05, 4.69) is 5.32 Å². The van der Waals surface area contributed by atoms with Crippen LogP contribution in [-0.2, 0) is 4.79 Å². The van der Waals surface area contributed by atoms with Gasteiger partial charge in [0, 0.05) is 25.1 Å². The van der Waals surface area contributed by atoms with Crippen LogP contribution in [0.5, 0.6) is 0 Å². The summed E-state index contributed by atoms with van der Waals surface area (Å²) in [5.41, 5.74) is 5.19. The summed E-state index contributed by atoms with van der Waals surface area (Å²) in [5, 5.41) is 12.5. The Morgan fingerprint density at radius 3 is 2.80 bits per heavy atom. The molecule has 3 unspecified atom stereocenters. The summed E-state index contributed by atoms with van der Waals surface area (Å²) >= 11 is 0. The molecule has 0 aliphatic heterocycles. The summed E-state index contributed by atoms with van der Waals surface area (Å²) in [6.07, 6.45) is 4.59. The van der Waals surface area contributed by atoms with E-state index in [-0.39, 0.29) is 18.4 Å². The minimum Gasteiger partial charge on any atom is -0.396 e. The second kappa shape index (κ2) is 6.08. The van der Waals surface area contributed by atoms with Gasteiger partial charge in [-0.15, -0.1) is 0 Å². The molecular weight excluding hydrogens is 192 g/mol. The second-order valence-corrected chi connectivity index (χ2v) is 4.55. The first-order valence-electron chi connectivity index (χ1n) is 5.78. The molecule has 1 aliphatic carbocycles. The molecule has 1 fully saturated rings. The van der Waals surface area contributed by atoms with Crippen molar-refractivity contribution in [3.63, 3.8) is 0 Å². The van der Waals surface area contributed by atoms with E-state index >= 15 is 0 Å². The van der Waals surface area contributed by atoms with Gasteiger partial charge in [0.1, 0.15) is 0 Å². The number of amides is 1. The number of hydrogen-bond donors (Lipinski definition) is 3. The number of hydrogen-bond acceptors (Lipinski definition) is 3. The molecule has 0 heterocycles. The van der Waals surface area contributed by atoms with Crippen molar-refractivity contribution in [3.8, 4) is 0 Å². The van der Waals surface area contributed by atoms with E-state index in [1.54, 1.807) is 0 Å². The van der Waals surface area contributed by atoms with Crippen molar-refractivity contribution in [1.82, 2.24) is 5.32 Å². The van der Waals surface area contributed by atoms with Crippen LogP contribution in [0.25, 0.3) is 0 Å². The number of nitrogens with one attached hydrogen (secondary N) is 1. The van der Waals surface area contributed by atoms with Crippen molar-refractivity contribution in [2.45, 2.75) is 38.6 Å². The monoisotopic (exact) mass is 214 g/mol. The Bertz CT molecular complexity index is 209. The summed E-state index contributed by atoms with van der Waals surface area (Å²) in [6.45, 7) is 2.69. The lowest BCUT2D eigenvalue weighted by atomic mass is 9.85. The van der Waals surface area contributed by atoms with E-state index in [0.29, 0.717) is 18.5 Å². The summed E-state index contributed by atoms with van der Waals surface area (Å²) in [6, 6.07) is 0.352. The van der Waals surface area contributed by atoms with Gasteiger partial charge < -0.3 is 16.2 Å². The number of primary amides is 1. The van der Waals surface area contributed by atoms with Gasteiger partial charge in [0.15, 0.2) is 0 Å². The van der Waals surface area contributed by atoms with Crippen LogP contribution >= 0.6 is 0 Å². The topological polar surface area (TPSA) is 75.3 Å². The molecule has 1 amide bonds. The highest BCUT2D eigenvalue weighted by Gasteiger charge is 2.24. The molecule has 0 aromatic heterocycles. The zero-order valence-corrected chi connectivity index (χ0v) is 9.41. The fourth-order valence-electron chi connectivity index (χ4n) is 2.12. The number of carbonyl (C=O) groups excluding carboxylic acids is 1. The Morgan fingerprint density at radius 1 is 1.53 bits per heavy atom. The summed E-state index contributed by atoms with van der Waals surface area (Å²) < 4.78 is 0. The molecule has 0 spiro atoms. The smallest absolute Gasteiger partial charge is 0.221 e. The molecule has 0 aromatic rings. The summed E-state index contributed by atoms with van der Waals surface area (Å²) in [4.78, 5) is 10.9. The normalized spacial score (nSPS) is 28.7. The molecule has 1 aliphatic rings. The van der Waals surface area contributed by atoms with Crippen molar-refractivity contribution in [3.05, 3.63) is 0 Å². The van der Waals surface area contributed by atoms with E-state index in [4.69, 9.17) is 5.73 Å². The van der Waals surface area contributed by atoms with Crippen molar-refractivity contribution in [2.75, 3.05) is 13.2 Å². The van der Waals surface area contributed by atoms with E-state index in [0.717, 1.165) is 12.8 Å². The maximum atomic E-state index is 10.9. The van der Waals surface area contributed by atoms with Gasteiger partial charge in [0.05, 0.1) is 0 Å². The SMILES string of the molecule is CC(CNC1CCCCC1CO)C(N)=O. The summed E-state index contributed by atoms with van der Waals surface area (Å²) in [5.74, 6) is -0.0519. The Kier molecular flexibility index (Phi) is 5.05. The van der Waals surface area contributed by atoms with Gasteiger partial charge in [-0.25, -0.2) is 0 Å². The number of carbonyl (C=O) groups is 1. The second-order valence-electron chi connectivity index (χ2n) is 4.55. The van der Waals surface area contributed by atoms with Gasteiger partial charge in [-0.2, -0.15) is 0 Å². The zero-order chi connectivity index (χ0) is 11.3. The van der Waals surface area contributed by atoms with E-state index in [1.807, 2.05) is 6.92 Å². The molecule has 3 atom stereocenters. The van der Waals surface area contributed by atoms with Crippen LogP contribution in [0, 0.1) is 11.8 Å². The number of rotatable bonds is 5. The first-order valence-corrected chi connectivity index (χ1v) is 5.78. The maximum absolute atomic E-state index is 10.9. The third kappa shape index (κ3) is 3.80. The Morgan fingerprint density at radius 2 is 2.20 bits per heavy atom. The molecular formula is C11H22N2O2. The molecule has 4 nitrogen and oxygen atoms in total. The largest absolute Gasteiger partial charge is 0.396 e. The van der Waals surface area contributed by atoms with Crippen molar-refractivity contribution in [1.29, 1.82) is 0 Å². The average Bonchev–Trinajstić information content (AvgIpc) is 2.26. The van der Waals surface area contributed by atoms with Crippen LogP contribution in [0.3, 0.4) is 0 Å². The molecule has 0 bridgehead atoms. The Labute approximate surface area is 91.2 Å². The molecule has 15 heavy (non-hydrogen) atoms. The molecule has 4 N–H and O–H groups in total. The molecule has 0 aromatic carbocycles. The van der Waals surface area contributed by atoms with Gasteiger partial charge >= 0.3 is 0 Å². The molecule has 88 valence electrons. The van der Waals surface area contributed by atoms with Gasteiger partial charge in [-0.1, -0.05) is 19.8 Å². The van der Waals surface area contributed by atoms with E-state index in [9.17, 15) is 9.90 Å². The molecule has 1 saturated carbocycles. The Balaban J connectivity index is 2.32. The maximum Gasteiger partial charge on any atom is 0.221 e.